The number of nitrogens with one attached hydrogen (secondary N) is 2. The number of aromatic nitrogens is 2. The van der Waals surface area contributed by atoms with Crippen molar-refractivity contribution in [2.45, 2.75) is 18.6 Å². The normalized spacial score (nSPS) is 17.9. The monoisotopic (exact) mass is 419 g/mol. The number of amidine groups is 1. The molecule has 1 spiro atoms. The molecule has 10 nitrogen and oxygen atoms in total. The Bertz CT molecular complexity index is 1190. The Labute approximate surface area is 177 Å². The van der Waals surface area contributed by atoms with E-state index in [-0.39, 0.29) is 17.6 Å². The second-order valence-corrected chi connectivity index (χ2v) is 7.67. The summed E-state index contributed by atoms with van der Waals surface area (Å²) in [6, 6.07) is 12.5. The average molecular weight is 419 g/mol. The Morgan fingerprint density at radius 1 is 1.19 bits per heavy atom. The van der Waals surface area contributed by atoms with Gasteiger partial charge in [0.1, 0.15) is 11.6 Å². The summed E-state index contributed by atoms with van der Waals surface area (Å²) in [5.74, 6) is 5.70. The summed E-state index contributed by atoms with van der Waals surface area (Å²) in [4.78, 5) is 34.8. The van der Waals surface area contributed by atoms with Gasteiger partial charge in [-0.05, 0) is 30.3 Å². The van der Waals surface area contributed by atoms with E-state index in [1.54, 1.807) is 23.1 Å². The summed E-state index contributed by atoms with van der Waals surface area (Å²) >= 11 is 0. The van der Waals surface area contributed by atoms with Gasteiger partial charge in [0.05, 0.1) is 16.6 Å². The van der Waals surface area contributed by atoms with Gasteiger partial charge in [0.15, 0.2) is 11.5 Å². The molecule has 1 aromatic heterocycles. The number of nitrogens with zero attached hydrogens (tertiary/aromatic N) is 3. The van der Waals surface area contributed by atoms with Gasteiger partial charge in [-0.25, -0.2) is 4.98 Å². The number of ether oxygens (including phenoxy) is 1. The van der Waals surface area contributed by atoms with E-state index in [0.29, 0.717) is 48.6 Å². The number of aromatic amines is 1. The van der Waals surface area contributed by atoms with Gasteiger partial charge in [-0.2, -0.15) is 5.10 Å². The fourth-order valence-electron chi connectivity index (χ4n) is 4.04. The molecule has 0 radical (unpaired) electrons. The minimum atomic E-state index is -0.857. The molecule has 3 aromatic rings. The van der Waals surface area contributed by atoms with E-state index in [9.17, 15) is 9.59 Å². The maximum Gasteiger partial charge on any atom is 0.289 e. The zero-order valence-corrected chi connectivity index (χ0v) is 16.6. The van der Waals surface area contributed by atoms with E-state index in [0.717, 1.165) is 11.0 Å². The van der Waals surface area contributed by atoms with Crippen LogP contribution in [0.2, 0.25) is 0 Å². The Hall–Kier alpha value is -4.08. The van der Waals surface area contributed by atoms with Gasteiger partial charge in [-0.3, -0.25) is 9.59 Å². The number of likely N-dealkylation sites (tertiary alicyclic amines) is 1. The van der Waals surface area contributed by atoms with Crippen LogP contribution in [0.25, 0.3) is 11.0 Å². The third-order valence-corrected chi connectivity index (χ3v) is 5.76. The van der Waals surface area contributed by atoms with Gasteiger partial charge in [0.25, 0.3) is 11.8 Å². The van der Waals surface area contributed by atoms with Crippen LogP contribution in [-0.4, -0.2) is 51.3 Å². The molecule has 0 aliphatic carbocycles. The maximum absolute atomic E-state index is 12.9. The molecular weight excluding hydrogens is 398 g/mol. The first-order valence-corrected chi connectivity index (χ1v) is 9.91. The number of imidazole rings is 1. The Kier molecular flexibility index (Phi) is 4.28. The lowest BCUT2D eigenvalue weighted by molar-refractivity contribution is -0.0247. The molecule has 31 heavy (non-hydrogen) atoms. The lowest BCUT2D eigenvalue weighted by atomic mass is 9.96. The van der Waals surface area contributed by atoms with Crippen molar-refractivity contribution in [3.63, 3.8) is 0 Å². The van der Waals surface area contributed by atoms with Crippen LogP contribution in [0.1, 0.15) is 39.4 Å². The Balaban J connectivity index is 1.32. The standard InChI is InChI=1S/C21H21N7O3/c22-17(27-23)12-5-6-16-13(11-12)19(29)26-21(31-16)7-9-28(10-8-21)20(30)18-24-14-3-1-2-4-15(14)25-18/h1-6,11H,7-10,23H2,(H2,22,27)(H,24,25)(H,26,29). The van der Waals surface area contributed by atoms with Gasteiger partial charge in [-0.15, -0.1) is 0 Å². The number of carbonyl (C=O) groups excluding carboxylic acids is 2. The largest absolute Gasteiger partial charge is 0.467 e. The number of nitrogens with two attached hydrogens (primary N) is 2. The number of piperidine rings is 1. The van der Waals surface area contributed by atoms with Gasteiger partial charge >= 0.3 is 0 Å². The van der Waals surface area contributed by atoms with E-state index in [2.05, 4.69) is 20.4 Å². The first kappa shape index (κ1) is 18.9. The van der Waals surface area contributed by atoms with Gasteiger partial charge in [0, 0.05) is 31.5 Å². The highest BCUT2D eigenvalue weighted by Crippen LogP contribution is 2.34. The molecule has 0 saturated carbocycles. The van der Waals surface area contributed by atoms with Crippen molar-refractivity contribution in [2.24, 2.45) is 16.7 Å². The van der Waals surface area contributed by atoms with Crippen LogP contribution in [0.3, 0.4) is 0 Å². The molecule has 0 bridgehead atoms. The number of fused-ring (bicyclic) bond motifs is 2. The first-order valence-electron chi connectivity index (χ1n) is 9.91. The van der Waals surface area contributed by atoms with Crippen LogP contribution in [0, 0.1) is 0 Å². The van der Waals surface area contributed by atoms with E-state index in [1.165, 1.54) is 0 Å². The maximum atomic E-state index is 12.9. The summed E-state index contributed by atoms with van der Waals surface area (Å²) in [7, 11) is 0. The lowest BCUT2D eigenvalue weighted by Gasteiger charge is -2.44. The van der Waals surface area contributed by atoms with Crippen LogP contribution >= 0.6 is 0 Å². The lowest BCUT2D eigenvalue weighted by Crippen LogP contribution is -2.61. The highest BCUT2D eigenvalue weighted by Gasteiger charge is 2.43. The number of hydrogen-bond acceptors (Lipinski definition) is 6. The fraction of sp³-hybridized carbons (Fsp3) is 0.238. The zero-order valence-electron chi connectivity index (χ0n) is 16.6. The van der Waals surface area contributed by atoms with Crippen LogP contribution in [0.15, 0.2) is 47.6 Å². The number of para-hydroxylation sites is 2. The summed E-state index contributed by atoms with van der Waals surface area (Å²) in [6.07, 6.45) is 0.913. The molecule has 6 N–H and O–H groups in total. The third-order valence-electron chi connectivity index (χ3n) is 5.76. The predicted octanol–water partition coefficient (Wildman–Crippen LogP) is 0.897. The first-order chi connectivity index (χ1) is 15.0. The summed E-state index contributed by atoms with van der Waals surface area (Å²) in [5.41, 5.74) is 7.36. The van der Waals surface area contributed by atoms with Crippen LogP contribution in [0.5, 0.6) is 5.75 Å². The molecule has 10 heteroatoms. The number of carbonyl (C=O) groups is 2. The molecule has 2 aliphatic rings. The van der Waals surface area contributed by atoms with Crippen molar-refractivity contribution < 1.29 is 14.3 Å². The minimum Gasteiger partial charge on any atom is -0.467 e. The predicted molar refractivity (Wildman–Crippen MR) is 113 cm³/mol. The SMILES string of the molecule is N/N=C(\N)c1ccc2c(c1)C(=O)NC1(CCN(C(=O)c3nc4ccccc4[nH]3)CC1)O2. The molecule has 2 amide bonds. The van der Waals surface area contributed by atoms with Crippen molar-refractivity contribution in [3.05, 3.63) is 59.4 Å². The molecule has 2 aromatic carbocycles. The van der Waals surface area contributed by atoms with Gasteiger partial charge in [0.2, 0.25) is 0 Å². The molecule has 0 unspecified atom stereocenters. The number of hydrogen-bond donors (Lipinski definition) is 4. The number of hydrazone groups is 1. The number of H-pyrrole nitrogens is 1. The summed E-state index contributed by atoms with van der Waals surface area (Å²) < 4.78 is 6.18. The minimum absolute atomic E-state index is 0.133. The molecular formula is C21H21N7O3. The number of amides is 2. The number of benzene rings is 2. The molecule has 1 saturated heterocycles. The fourth-order valence-corrected chi connectivity index (χ4v) is 4.04. The molecule has 158 valence electrons. The second-order valence-electron chi connectivity index (χ2n) is 7.67. The molecule has 5 rings (SSSR count). The van der Waals surface area contributed by atoms with E-state index in [4.69, 9.17) is 16.3 Å². The van der Waals surface area contributed by atoms with Crippen molar-refractivity contribution in [3.8, 4) is 5.75 Å². The van der Waals surface area contributed by atoms with Crippen molar-refractivity contribution in [1.29, 1.82) is 0 Å². The average Bonchev–Trinajstić information content (AvgIpc) is 3.23. The summed E-state index contributed by atoms with van der Waals surface area (Å²) in [6.45, 7) is 0.854. The molecule has 1 fully saturated rings. The summed E-state index contributed by atoms with van der Waals surface area (Å²) in [5, 5.41) is 6.41. The number of rotatable bonds is 2. The zero-order chi connectivity index (χ0) is 21.6. The third kappa shape index (κ3) is 3.21. The second kappa shape index (κ2) is 7.01. The van der Waals surface area contributed by atoms with Crippen molar-refractivity contribution in [2.75, 3.05) is 13.1 Å². The van der Waals surface area contributed by atoms with Crippen molar-refractivity contribution in [1.82, 2.24) is 20.2 Å². The molecule has 0 atom stereocenters. The smallest absolute Gasteiger partial charge is 0.289 e. The molecule has 2 aliphatic heterocycles. The molecule has 3 heterocycles. The van der Waals surface area contributed by atoms with Crippen molar-refractivity contribution >= 4 is 28.7 Å². The van der Waals surface area contributed by atoms with E-state index >= 15 is 0 Å². The Morgan fingerprint density at radius 2 is 1.97 bits per heavy atom. The van der Waals surface area contributed by atoms with Gasteiger partial charge in [-0.1, -0.05) is 12.1 Å². The van der Waals surface area contributed by atoms with Crippen LogP contribution < -0.4 is 21.6 Å². The highest BCUT2D eigenvalue weighted by atomic mass is 16.5. The topological polar surface area (TPSA) is 152 Å². The van der Waals surface area contributed by atoms with E-state index in [1.807, 2.05) is 24.3 Å². The quantitative estimate of drug-likeness (QED) is 0.210. The van der Waals surface area contributed by atoms with Crippen LogP contribution in [-0.2, 0) is 0 Å². The van der Waals surface area contributed by atoms with Crippen LogP contribution in [0.4, 0.5) is 0 Å². The Morgan fingerprint density at radius 3 is 2.71 bits per heavy atom. The van der Waals surface area contributed by atoms with Gasteiger partial charge < -0.3 is 31.5 Å². The highest BCUT2D eigenvalue weighted by molar-refractivity contribution is 6.03. The van der Waals surface area contributed by atoms with E-state index < -0.39 is 5.72 Å².